The van der Waals surface area contributed by atoms with Crippen molar-refractivity contribution in [3.63, 3.8) is 0 Å². The molecule has 0 bridgehead atoms. The van der Waals surface area contributed by atoms with Gasteiger partial charge in [-0.25, -0.2) is 18.4 Å². The van der Waals surface area contributed by atoms with Crippen molar-refractivity contribution < 1.29 is 23.0 Å². The second-order valence-corrected chi connectivity index (χ2v) is 9.89. The van der Waals surface area contributed by atoms with Crippen LogP contribution in [0.3, 0.4) is 0 Å². The molecule has 0 amide bonds. The molecule has 4 rings (SSSR count). The lowest BCUT2D eigenvalue weighted by Crippen LogP contribution is -2.32. The lowest BCUT2D eigenvalue weighted by molar-refractivity contribution is 0.166. The van der Waals surface area contributed by atoms with Gasteiger partial charge in [-0.3, -0.25) is 14.3 Å². The van der Waals surface area contributed by atoms with Crippen LogP contribution in [0.4, 0.5) is 5.95 Å². The van der Waals surface area contributed by atoms with E-state index < -0.39 is 21.4 Å². The van der Waals surface area contributed by atoms with Gasteiger partial charge >= 0.3 is 0 Å². The molecule has 2 N–H and O–H groups in total. The molecule has 1 aromatic carbocycles. The highest BCUT2D eigenvalue weighted by molar-refractivity contribution is 7.93. The normalized spacial score (nSPS) is 13.1. The fraction of sp³-hybridized carbons (Fsp3) is 0.261. The predicted octanol–water partition coefficient (Wildman–Crippen LogP) is 2.31. The number of para-hydroxylation sites is 1. The number of benzene rings is 1. The molecule has 0 aliphatic carbocycles. The predicted molar refractivity (Wildman–Crippen MR) is 131 cm³/mol. The third-order valence-electron chi connectivity index (χ3n) is 5.44. The first-order chi connectivity index (χ1) is 17.3. The van der Waals surface area contributed by atoms with Crippen LogP contribution in [0.15, 0.2) is 55.1 Å². The summed E-state index contributed by atoms with van der Waals surface area (Å²) in [7, 11) is -1.25. The maximum atomic E-state index is 13.3. The number of sulfonamides is 1. The van der Waals surface area contributed by atoms with E-state index in [1.54, 1.807) is 49.6 Å². The van der Waals surface area contributed by atoms with Gasteiger partial charge < -0.3 is 14.6 Å². The van der Waals surface area contributed by atoms with E-state index >= 15 is 0 Å². The van der Waals surface area contributed by atoms with E-state index in [1.165, 1.54) is 38.1 Å². The summed E-state index contributed by atoms with van der Waals surface area (Å²) in [6, 6.07) is 8.61. The molecule has 36 heavy (non-hydrogen) atoms. The van der Waals surface area contributed by atoms with Gasteiger partial charge in [0, 0.05) is 30.4 Å². The SMILES string of the molecule is COc1cccc(OC)c1-n1c(NS(=O)(=O)[C@@H](C)[C@H](O)c2ncc(C)cn2)nnc1-c1cccnc1. The van der Waals surface area contributed by atoms with Crippen molar-refractivity contribution in [3.8, 4) is 28.6 Å². The Bertz CT molecular complexity index is 1420. The fourth-order valence-corrected chi connectivity index (χ4v) is 4.48. The van der Waals surface area contributed by atoms with Crippen LogP contribution >= 0.6 is 0 Å². The summed E-state index contributed by atoms with van der Waals surface area (Å²) in [4.78, 5) is 12.2. The number of aliphatic hydroxyl groups excluding tert-OH is 1. The van der Waals surface area contributed by atoms with E-state index in [1.807, 2.05) is 0 Å². The van der Waals surface area contributed by atoms with Crippen molar-refractivity contribution in [2.45, 2.75) is 25.2 Å². The van der Waals surface area contributed by atoms with E-state index in [4.69, 9.17) is 9.47 Å². The van der Waals surface area contributed by atoms with Crippen molar-refractivity contribution in [1.82, 2.24) is 29.7 Å². The molecule has 13 heteroatoms. The van der Waals surface area contributed by atoms with Crippen LogP contribution in [-0.4, -0.2) is 62.7 Å². The monoisotopic (exact) mass is 511 g/mol. The number of ether oxygens (including phenoxy) is 2. The first kappa shape index (κ1) is 25.0. The summed E-state index contributed by atoms with van der Waals surface area (Å²) >= 11 is 0. The molecule has 3 aromatic heterocycles. The number of aryl methyl sites for hydroxylation is 1. The second kappa shape index (κ2) is 10.3. The van der Waals surface area contributed by atoms with Crippen LogP contribution < -0.4 is 14.2 Å². The van der Waals surface area contributed by atoms with Crippen molar-refractivity contribution in [2.24, 2.45) is 0 Å². The van der Waals surface area contributed by atoms with Crippen molar-refractivity contribution in [3.05, 3.63) is 66.5 Å². The van der Waals surface area contributed by atoms with Gasteiger partial charge in [-0.15, -0.1) is 10.2 Å². The number of hydrogen-bond acceptors (Lipinski definition) is 10. The number of nitrogens with one attached hydrogen (secondary N) is 1. The summed E-state index contributed by atoms with van der Waals surface area (Å²) in [5.74, 6) is 0.920. The van der Waals surface area contributed by atoms with Crippen LogP contribution in [0, 0.1) is 6.92 Å². The maximum Gasteiger partial charge on any atom is 0.243 e. The highest BCUT2D eigenvalue weighted by Gasteiger charge is 2.33. The highest BCUT2D eigenvalue weighted by Crippen LogP contribution is 2.37. The molecule has 4 aromatic rings. The topological polar surface area (TPSA) is 154 Å². The number of aliphatic hydroxyl groups is 1. The van der Waals surface area contributed by atoms with E-state index in [9.17, 15) is 13.5 Å². The standard InChI is InChI=1S/C23H25N7O5S/c1-14-11-25-21(26-12-14)20(31)15(2)36(32,33)29-23-28-27-22(16-7-6-10-24-13-16)30(23)19-17(34-3)8-5-9-18(19)35-4/h5-13,15,20,31H,1-4H3,(H,28,29)/t15-,20-/m0/s1. The van der Waals surface area contributed by atoms with Crippen LogP contribution in [0.5, 0.6) is 11.5 Å². The summed E-state index contributed by atoms with van der Waals surface area (Å²) in [6.45, 7) is 3.14. The Hall–Kier alpha value is -4.10. The Morgan fingerprint density at radius 2 is 1.67 bits per heavy atom. The van der Waals surface area contributed by atoms with Crippen molar-refractivity contribution in [2.75, 3.05) is 18.9 Å². The molecule has 0 radical (unpaired) electrons. The smallest absolute Gasteiger partial charge is 0.243 e. The van der Waals surface area contributed by atoms with Crippen molar-refractivity contribution in [1.29, 1.82) is 0 Å². The molecule has 0 fully saturated rings. The maximum absolute atomic E-state index is 13.3. The molecule has 3 heterocycles. The quantitative estimate of drug-likeness (QED) is 0.342. The average molecular weight is 512 g/mol. The number of aromatic nitrogens is 6. The number of anilines is 1. The number of pyridine rings is 1. The Kier molecular flexibility index (Phi) is 7.12. The Morgan fingerprint density at radius 3 is 2.25 bits per heavy atom. The summed E-state index contributed by atoms with van der Waals surface area (Å²) in [5, 5.41) is 17.7. The zero-order chi connectivity index (χ0) is 25.9. The van der Waals surface area contributed by atoms with Gasteiger partial charge in [-0.2, -0.15) is 0 Å². The second-order valence-electron chi connectivity index (χ2n) is 7.85. The summed E-state index contributed by atoms with van der Waals surface area (Å²) < 4.78 is 41.7. The molecule has 0 unspecified atom stereocenters. The molecule has 12 nitrogen and oxygen atoms in total. The molecule has 0 saturated carbocycles. The first-order valence-electron chi connectivity index (χ1n) is 10.8. The van der Waals surface area contributed by atoms with E-state index in [0.29, 0.717) is 28.6 Å². The lowest BCUT2D eigenvalue weighted by Gasteiger charge is -2.21. The van der Waals surface area contributed by atoms with Gasteiger partial charge in [0.05, 0.1) is 14.2 Å². The van der Waals surface area contributed by atoms with Crippen LogP contribution in [-0.2, 0) is 10.0 Å². The van der Waals surface area contributed by atoms with Gasteiger partial charge in [0.1, 0.15) is 28.5 Å². The Balaban J connectivity index is 1.81. The largest absolute Gasteiger partial charge is 0.494 e. The third kappa shape index (κ3) is 4.83. The van der Waals surface area contributed by atoms with E-state index in [-0.39, 0.29) is 11.8 Å². The van der Waals surface area contributed by atoms with Gasteiger partial charge in [0.2, 0.25) is 16.0 Å². The average Bonchev–Trinajstić information content (AvgIpc) is 3.30. The Labute approximate surface area is 208 Å². The number of rotatable bonds is 9. The van der Waals surface area contributed by atoms with Gasteiger partial charge in [-0.1, -0.05) is 6.07 Å². The number of methoxy groups -OCH3 is 2. The number of hydrogen-bond donors (Lipinski definition) is 2. The molecule has 0 saturated heterocycles. The fourth-order valence-electron chi connectivity index (χ4n) is 3.45. The van der Waals surface area contributed by atoms with Gasteiger partial charge in [0.25, 0.3) is 0 Å². The van der Waals surface area contributed by atoms with Gasteiger partial charge in [-0.05, 0) is 43.7 Å². The highest BCUT2D eigenvalue weighted by atomic mass is 32.2. The number of nitrogens with zero attached hydrogens (tertiary/aromatic N) is 6. The molecule has 2 atom stereocenters. The van der Waals surface area contributed by atoms with Crippen LogP contribution in [0.2, 0.25) is 0 Å². The van der Waals surface area contributed by atoms with Gasteiger partial charge in [0.15, 0.2) is 11.6 Å². The zero-order valence-electron chi connectivity index (χ0n) is 20.0. The molecule has 188 valence electrons. The summed E-state index contributed by atoms with van der Waals surface area (Å²) in [5.41, 5.74) is 1.73. The third-order valence-corrected chi connectivity index (χ3v) is 7.15. The zero-order valence-corrected chi connectivity index (χ0v) is 20.8. The minimum atomic E-state index is -4.21. The molecular weight excluding hydrogens is 486 g/mol. The van der Waals surface area contributed by atoms with Crippen LogP contribution in [0.25, 0.3) is 17.1 Å². The minimum absolute atomic E-state index is 0.0117. The Morgan fingerprint density at radius 1 is 1.00 bits per heavy atom. The van der Waals surface area contributed by atoms with E-state index in [0.717, 1.165) is 5.56 Å². The minimum Gasteiger partial charge on any atom is -0.494 e. The van der Waals surface area contributed by atoms with Crippen molar-refractivity contribution >= 4 is 16.0 Å². The molecular formula is C23H25N7O5S. The van der Waals surface area contributed by atoms with E-state index in [2.05, 4.69) is 29.9 Å². The molecule has 0 spiro atoms. The summed E-state index contributed by atoms with van der Waals surface area (Å²) in [6.07, 6.45) is 4.69. The molecule has 0 aliphatic heterocycles. The first-order valence-corrected chi connectivity index (χ1v) is 12.4. The lowest BCUT2D eigenvalue weighted by atomic mass is 10.2. The molecule has 0 aliphatic rings. The van der Waals surface area contributed by atoms with Crippen LogP contribution in [0.1, 0.15) is 24.4 Å².